The van der Waals surface area contributed by atoms with E-state index >= 15 is 0 Å². The van der Waals surface area contributed by atoms with Crippen molar-refractivity contribution >= 4 is 17.6 Å². The van der Waals surface area contributed by atoms with Crippen LogP contribution in [0.15, 0.2) is 30.3 Å². The highest BCUT2D eigenvalue weighted by Crippen LogP contribution is 2.17. The van der Waals surface area contributed by atoms with E-state index in [1.165, 1.54) is 0 Å². The van der Waals surface area contributed by atoms with E-state index in [4.69, 9.17) is 11.1 Å². The van der Waals surface area contributed by atoms with E-state index in [1.807, 2.05) is 30.3 Å². The molecule has 1 saturated heterocycles. The van der Waals surface area contributed by atoms with Gasteiger partial charge >= 0.3 is 6.03 Å². The third-order valence-electron chi connectivity index (χ3n) is 3.17. The predicted molar refractivity (Wildman–Crippen MR) is 71.7 cm³/mol. The zero-order valence-corrected chi connectivity index (χ0v) is 10.2. The van der Waals surface area contributed by atoms with E-state index in [2.05, 4.69) is 5.32 Å². The van der Waals surface area contributed by atoms with Crippen molar-refractivity contribution in [2.75, 3.05) is 18.4 Å². The monoisotopic (exact) mass is 246 g/mol. The Balaban J connectivity index is 1.95. The Labute approximate surface area is 106 Å². The molecular formula is C13H18N4O. The number of nitrogens with one attached hydrogen (secondary N) is 2. The number of para-hydroxylation sites is 1. The summed E-state index contributed by atoms with van der Waals surface area (Å²) < 4.78 is 0. The van der Waals surface area contributed by atoms with Gasteiger partial charge in [-0.1, -0.05) is 18.2 Å². The molecule has 5 nitrogen and oxygen atoms in total. The summed E-state index contributed by atoms with van der Waals surface area (Å²) in [5.41, 5.74) is 6.29. The molecule has 2 amide bonds. The minimum atomic E-state index is -0.118. The second-order valence-electron chi connectivity index (χ2n) is 4.54. The van der Waals surface area contributed by atoms with Gasteiger partial charge in [-0.25, -0.2) is 4.79 Å². The third-order valence-corrected chi connectivity index (χ3v) is 3.17. The van der Waals surface area contributed by atoms with Gasteiger partial charge in [-0.05, 0) is 25.0 Å². The van der Waals surface area contributed by atoms with E-state index in [9.17, 15) is 4.79 Å². The Bertz CT molecular complexity index is 432. The summed E-state index contributed by atoms with van der Waals surface area (Å²) >= 11 is 0. The van der Waals surface area contributed by atoms with Crippen LogP contribution >= 0.6 is 0 Å². The van der Waals surface area contributed by atoms with Gasteiger partial charge in [0.2, 0.25) is 0 Å². The Morgan fingerprint density at radius 3 is 2.78 bits per heavy atom. The van der Waals surface area contributed by atoms with Crippen LogP contribution < -0.4 is 11.1 Å². The number of amides is 2. The van der Waals surface area contributed by atoms with Crippen LogP contribution in [-0.2, 0) is 0 Å². The normalized spacial score (nSPS) is 19.3. The zero-order chi connectivity index (χ0) is 13.0. The maximum atomic E-state index is 12.0. The van der Waals surface area contributed by atoms with Crippen molar-refractivity contribution in [2.24, 2.45) is 11.7 Å². The number of carbonyl (C=O) groups excluding carboxylic acids is 1. The number of nitrogens with zero attached hydrogens (tertiary/aromatic N) is 1. The number of urea groups is 1. The molecule has 0 radical (unpaired) electrons. The van der Waals surface area contributed by atoms with E-state index in [0.29, 0.717) is 6.54 Å². The smallest absolute Gasteiger partial charge is 0.321 e. The van der Waals surface area contributed by atoms with Gasteiger partial charge in [0.05, 0.1) is 5.84 Å². The first-order valence-corrected chi connectivity index (χ1v) is 6.11. The number of rotatable bonds is 2. The van der Waals surface area contributed by atoms with Crippen LogP contribution in [-0.4, -0.2) is 29.9 Å². The fourth-order valence-electron chi connectivity index (χ4n) is 2.14. The molecule has 96 valence electrons. The molecule has 1 aliphatic heterocycles. The summed E-state index contributed by atoms with van der Waals surface area (Å²) in [4.78, 5) is 13.8. The van der Waals surface area contributed by atoms with Crippen LogP contribution in [0.3, 0.4) is 0 Å². The van der Waals surface area contributed by atoms with Crippen LogP contribution in [0, 0.1) is 11.3 Å². The highest BCUT2D eigenvalue weighted by atomic mass is 16.2. The van der Waals surface area contributed by atoms with Crippen molar-refractivity contribution in [3.63, 3.8) is 0 Å². The lowest BCUT2D eigenvalue weighted by molar-refractivity contribution is 0.191. The Morgan fingerprint density at radius 1 is 1.39 bits per heavy atom. The van der Waals surface area contributed by atoms with Gasteiger partial charge in [0.25, 0.3) is 0 Å². The first-order valence-electron chi connectivity index (χ1n) is 6.11. The second-order valence-corrected chi connectivity index (χ2v) is 4.54. The number of amidine groups is 1. The fourth-order valence-corrected chi connectivity index (χ4v) is 2.14. The average molecular weight is 246 g/mol. The Morgan fingerprint density at radius 2 is 2.11 bits per heavy atom. The van der Waals surface area contributed by atoms with Crippen molar-refractivity contribution in [2.45, 2.75) is 12.8 Å². The highest BCUT2D eigenvalue weighted by molar-refractivity contribution is 5.90. The lowest BCUT2D eigenvalue weighted by Gasteiger charge is -2.32. The van der Waals surface area contributed by atoms with Gasteiger partial charge in [0, 0.05) is 24.7 Å². The summed E-state index contributed by atoms with van der Waals surface area (Å²) in [5.74, 6) is 0.174. The number of nitrogens with two attached hydrogens (primary N) is 1. The molecule has 1 atom stereocenters. The van der Waals surface area contributed by atoms with Crippen LogP contribution in [0.2, 0.25) is 0 Å². The van der Waals surface area contributed by atoms with E-state index in [0.717, 1.165) is 25.1 Å². The van der Waals surface area contributed by atoms with Crippen LogP contribution in [0.1, 0.15) is 12.8 Å². The first kappa shape index (κ1) is 12.4. The van der Waals surface area contributed by atoms with Crippen LogP contribution in [0.5, 0.6) is 0 Å². The van der Waals surface area contributed by atoms with E-state index in [1.54, 1.807) is 4.90 Å². The molecule has 0 spiro atoms. The number of benzene rings is 1. The predicted octanol–water partition coefficient (Wildman–Crippen LogP) is 1.87. The summed E-state index contributed by atoms with van der Waals surface area (Å²) in [6.07, 6.45) is 1.79. The van der Waals surface area contributed by atoms with Gasteiger partial charge < -0.3 is 16.0 Å². The molecule has 0 aromatic heterocycles. The molecule has 1 unspecified atom stereocenters. The number of hydrogen-bond donors (Lipinski definition) is 3. The number of carbonyl (C=O) groups is 1. The van der Waals surface area contributed by atoms with Gasteiger partial charge in [0.1, 0.15) is 0 Å². The highest BCUT2D eigenvalue weighted by Gasteiger charge is 2.25. The molecule has 1 fully saturated rings. The molecule has 0 aliphatic carbocycles. The maximum absolute atomic E-state index is 12.0. The van der Waals surface area contributed by atoms with Gasteiger partial charge in [-0.15, -0.1) is 0 Å². The second kappa shape index (κ2) is 5.53. The summed E-state index contributed by atoms with van der Waals surface area (Å²) in [6, 6.07) is 9.25. The molecule has 5 heteroatoms. The number of piperidine rings is 1. The standard InChI is InChI=1S/C13H18N4O/c14-12(15)10-5-4-8-17(9-10)13(18)16-11-6-2-1-3-7-11/h1-3,6-7,10H,4-5,8-9H2,(H3,14,15)(H,16,18). The first-order chi connectivity index (χ1) is 8.66. The molecule has 0 saturated carbocycles. The third kappa shape index (κ3) is 3.00. The van der Waals surface area contributed by atoms with Crippen LogP contribution in [0.4, 0.5) is 10.5 Å². The van der Waals surface area contributed by atoms with E-state index in [-0.39, 0.29) is 17.8 Å². The lowest BCUT2D eigenvalue weighted by atomic mass is 9.97. The molecule has 1 aliphatic rings. The summed E-state index contributed by atoms with van der Waals surface area (Å²) in [7, 11) is 0. The Hall–Kier alpha value is -2.04. The number of anilines is 1. The molecule has 1 heterocycles. The SMILES string of the molecule is N=C(N)C1CCCN(C(=O)Nc2ccccc2)C1. The minimum absolute atomic E-state index is 0.000253. The average Bonchev–Trinajstić information content (AvgIpc) is 2.40. The minimum Gasteiger partial charge on any atom is -0.387 e. The largest absolute Gasteiger partial charge is 0.387 e. The molecule has 1 aromatic carbocycles. The van der Waals surface area contributed by atoms with Gasteiger partial charge in [-0.2, -0.15) is 0 Å². The topological polar surface area (TPSA) is 82.2 Å². The number of likely N-dealkylation sites (tertiary alicyclic amines) is 1. The molecule has 18 heavy (non-hydrogen) atoms. The van der Waals surface area contributed by atoms with Crippen LogP contribution in [0.25, 0.3) is 0 Å². The van der Waals surface area contributed by atoms with E-state index < -0.39 is 0 Å². The van der Waals surface area contributed by atoms with Crippen molar-refractivity contribution in [3.8, 4) is 0 Å². The lowest BCUT2D eigenvalue weighted by Crippen LogP contribution is -2.45. The quantitative estimate of drug-likeness (QED) is 0.550. The maximum Gasteiger partial charge on any atom is 0.321 e. The van der Waals surface area contributed by atoms with Crippen molar-refractivity contribution < 1.29 is 4.79 Å². The number of hydrogen-bond acceptors (Lipinski definition) is 2. The zero-order valence-electron chi connectivity index (χ0n) is 10.2. The molecular weight excluding hydrogens is 228 g/mol. The Kier molecular flexibility index (Phi) is 3.82. The molecule has 1 aromatic rings. The molecule has 2 rings (SSSR count). The fraction of sp³-hybridized carbons (Fsp3) is 0.385. The van der Waals surface area contributed by atoms with Gasteiger partial charge in [-0.3, -0.25) is 5.41 Å². The molecule has 0 bridgehead atoms. The summed E-state index contributed by atoms with van der Waals surface area (Å²) in [5, 5.41) is 10.3. The van der Waals surface area contributed by atoms with Crippen molar-refractivity contribution in [1.82, 2.24) is 4.90 Å². The van der Waals surface area contributed by atoms with Gasteiger partial charge in [0.15, 0.2) is 0 Å². The summed E-state index contributed by atoms with van der Waals surface area (Å²) in [6.45, 7) is 1.26. The van der Waals surface area contributed by atoms with Crippen molar-refractivity contribution in [1.29, 1.82) is 5.41 Å². The van der Waals surface area contributed by atoms with Crippen molar-refractivity contribution in [3.05, 3.63) is 30.3 Å². The molecule has 4 N–H and O–H groups in total.